The molecule has 2 aromatic heterocycles. The zero-order valence-corrected chi connectivity index (χ0v) is 10.8. The summed E-state index contributed by atoms with van der Waals surface area (Å²) in [6, 6.07) is 1.06. The third-order valence-electron chi connectivity index (χ3n) is 2.42. The number of carboxylic acids is 1. The first kappa shape index (κ1) is 13.3. The molecule has 0 aliphatic heterocycles. The fourth-order valence-corrected chi connectivity index (χ4v) is 2.49. The molecule has 9 heteroatoms. The standard InChI is InChI=1S/C10H12N4O4S/c1-14-6-7(3-12-14)4-13-19(17,18)8-2-9(10(15)16)11-5-8/h2-3,5-6,11,13H,4H2,1H3,(H,15,16). The van der Waals surface area contributed by atoms with Gasteiger partial charge in [0, 0.05) is 31.5 Å². The van der Waals surface area contributed by atoms with Crippen LogP contribution in [0.5, 0.6) is 0 Å². The first-order valence-corrected chi connectivity index (χ1v) is 6.76. The van der Waals surface area contributed by atoms with Crippen molar-refractivity contribution in [2.45, 2.75) is 11.4 Å². The molecule has 19 heavy (non-hydrogen) atoms. The lowest BCUT2D eigenvalue weighted by atomic mass is 10.4. The highest BCUT2D eigenvalue weighted by atomic mass is 32.2. The maximum atomic E-state index is 11.9. The summed E-state index contributed by atoms with van der Waals surface area (Å²) in [5.41, 5.74) is 0.529. The summed E-state index contributed by atoms with van der Waals surface area (Å²) in [7, 11) is -2.02. The third kappa shape index (κ3) is 3.01. The van der Waals surface area contributed by atoms with Gasteiger partial charge in [-0.05, 0) is 6.07 Å². The maximum absolute atomic E-state index is 11.9. The molecule has 102 valence electrons. The largest absolute Gasteiger partial charge is 0.477 e. The lowest BCUT2D eigenvalue weighted by molar-refractivity contribution is 0.0691. The molecule has 0 saturated carbocycles. The number of aromatic carboxylic acids is 1. The van der Waals surface area contributed by atoms with E-state index >= 15 is 0 Å². The molecule has 0 aromatic carbocycles. The topological polar surface area (TPSA) is 117 Å². The van der Waals surface area contributed by atoms with Crippen LogP contribution in [0, 0.1) is 0 Å². The van der Waals surface area contributed by atoms with Crippen LogP contribution in [0.15, 0.2) is 29.6 Å². The molecule has 0 unspecified atom stereocenters. The van der Waals surface area contributed by atoms with Gasteiger partial charge >= 0.3 is 5.97 Å². The van der Waals surface area contributed by atoms with E-state index < -0.39 is 16.0 Å². The van der Waals surface area contributed by atoms with E-state index in [2.05, 4.69) is 14.8 Å². The van der Waals surface area contributed by atoms with E-state index in [0.29, 0.717) is 5.56 Å². The molecule has 2 heterocycles. The summed E-state index contributed by atoms with van der Waals surface area (Å²) < 4.78 is 27.7. The summed E-state index contributed by atoms with van der Waals surface area (Å²) in [5.74, 6) is -1.21. The van der Waals surface area contributed by atoms with Gasteiger partial charge in [-0.2, -0.15) is 5.10 Å². The smallest absolute Gasteiger partial charge is 0.352 e. The van der Waals surface area contributed by atoms with Gasteiger partial charge in [-0.15, -0.1) is 0 Å². The van der Waals surface area contributed by atoms with E-state index in [4.69, 9.17) is 5.11 Å². The van der Waals surface area contributed by atoms with Crippen LogP contribution in [0.4, 0.5) is 0 Å². The van der Waals surface area contributed by atoms with Crippen LogP contribution in [0.2, 0.25) is 0 Å². The molecule has 0 saturated heterocycles. The fraction of sp³-hybridized carbons (Fsp3) is 0.200. The first-order valence-electron chi connectivity index (χ1n) is 5.27. The highest BCUT2D eigenvalue weighted by Gasteiger charge is 2.18. The monoisotopic (exact) mass is 284 g/mol. The molecule has 0 aliphatic rings. The van der Waals surface area contributed by atoms with Crippen molar-refractivity contribution in [1.29, 1.82) is 0 Å². The van der Waals surface area contributed by atoms with E-state index in [1.165, 1.54) is 0 Å². The van der Waals surface area contributed by atoms with Crippen LogP contribution in [0.3, 0.4) is 0 Å². The Morgan fingerprint density at radius 3 is 2.84 bits per heavy atom. The van der Waals surface area contributed by atoms with E-state index in [1.54, 1.807) is 24.1 Å². The molecule has 0 atom stereocenters. The van der Waals surface area contributed by atoms with Crippen LogP contribution in [0.25, 0.3) is 0 Å². The minimum absolute atomic E-state index is 0.0871. The fourth-order valence-electron chi connectivity index (χ4n) is 1.48. The summed E-state index contributed by atoms with van der Waals surface area (Å²) in [6.45, 7) is 0.0871. The lowest BCUT2D eigenvalue weighted by Gasteiger charge is -2.02. The van der Waals surface area contributed by atoms with Crippen LogP contribution < -0.4 is 4.72 Å². The van der Waals surface area contributed by atoms with E-state index in [0.717, 1.165) is 12.3 Å². The Kier molecular flexibility index (Phi) is 3.40. The van der Waals surface area contributed by atoms with Crippen molar-refractivity contribution < 1.29 is 18.3 Å². The molecule has 0 aliphatic carbocycles. The highest BCUT2D eigenvalue weighted by Crippen LogP contribution is 2.11. The molecule has 0 radical (unpaired) electrons. The van der Waals surface area contributed by atoms with Crippen molar-refractivity contribution in [3.8, 4) is 0 Å². The van der Waals surface area contributed by atoms with E-state index in [9.17, 15) is 13.2 Å². The molecule has 2 aromatic rings. The third-order valence-corrected chi connectivity index (χ3v) is 3.80. The number of nitrogens with one attached hydrogen (secondary N) is 2. The van der Waals surface area contributed by atoms with Gasteiger partial charge in [0.15, 0.2) is 0 Å². The van der Waals surface area contributed by atoms with Gasteiger partial charge in [-0.1, -0.05) is 0 Å². The van der Waals surface area contributed by atoms with Crippen molar-refractivity contribution in [2.24, 2.45) is 7.05 Å². The van der Waals surface area contributed by atoms with E-state index in [-0.39, 0.29) is 17.1 Å². The molecule has 2 rings (SSSR count). The van der Waals surface area contributed by atoms with Gasteiger partial charge < -0.3 is 10.1 Å². The first-order chi connectivity index (χ1) is 8.88. The normalized spacial score (nSPS) is 11.6. The van der Waals surface area contributed by atoms with Crippen molar-refractivity contribution in [1.82, 2.24) is 19.5 Å². The molecule has 0 amide bonds. The minimum Gasteiger partial charge on any atom is -0.477 e. The molecule has 0 spiro atoms. The SMILES string of the molecule is Cn1cc(CNS(=O)(=O)c2c[nH]c(C(=O)O)c2)cn1. The van der Waals surface area contributed by atoms with Crippen LogP contribution in [0.1, 0.15) is 16.1 Å². The van der Waals surface area contributed by atoms with Crippen LogP contribution in [-0.4, -0.2) is 34.3 Å². The summed E-state index contributed by atoms with van der Waals surface area (Å²) >= 11 is 0. The van der Waals surface area contributed by atoms with Crippen molar-refractivity contribution in [3.63, 3.8) is 0 Å². The number of nitrogens with zero attached hydrogens (tertiary/aromatic N) is 2. The number of sulfonamides is 1. The Bertz CT molecular complexity index is 701. The quantitative estimate of drug-likeness (QED) is 0.710. The van der Waals surface area contributed by atoms with Gasteiger partial charge in [0.25, 0.3) is 0 Å². The lowest BCUT2D eigenvalue weighted by Crippen LogP contribution is -2.22. The highest BCUT2D eigenvalue weighted by molar-refractivity contribution is 7.89. The number of aromatic nitrogens is 3. The van der Waals surface area contributed by atoms with Gasteiger partial charge in [-0.3, -0.25) is 4.68 Å². The number of hydrogen-bond donors (Lipinski definition) is 3. The number of rotatable bonds is 5. The summed E-state index contributed by atoms with van der Waals surface area (Å²) in [6.07, 6.45) is 4.36. The average Bonchev–Trinajstić information content (AvgIpc) is 2.95. The second kappa shape index (κ2) is 4.86. The second-order valence-electron chi connectivity index (χ2n) is 3.90. The van der Waals surface area contributed by atoms with Gasteiger partial charge in [0.05, 0.1) is 6.20 Å². The molecular weight excluding hydrogens is 272 g/mol. The van der Waals surface area contributed by atoms with Crippen LogP contribution in [-0.2, 0) is 23.6 Å². The second-order valence-corrected chi connectivity index (χ2v) is 5.67. The number of aryl methyl sites for hydroxylation is 1. The number of hydrogen-bond acceptors (Lipinski definition) is 4. The summed E-state index contributed by atoms with van der Waals surface area (Å²) in [5, 5.41) is 12.6. The Morgan fingerprint density at radius 2 is 2.32 bits per heavy atom. The number of H-pyrrole nitrogens is 1. The Balaban J connectivity index is 2.11. The zero-order chi connectivity index (χ0) is 14.0. The number of aromatic amines is 1. The number of carboxylic acid groups (broad SMARTS) is 1. The molecule has 0 bridgehead atoms. The zero-order valence-electron chi connectivity index (χ0n) is 9.99. The Hall–Kier alpha value is -2.13. The van der Waals surface area contributed by atoms with Crippen molar-refractivity contribution >= 4 is 16.0 Å². The van der Waals surface area contributed by atoms with Crippen molar-refractivity contribution in [2.75, 3.05) is 0 Å². The summed E-state index contributed by atoms with van der Waals surface area (Å²) in [4.78, 5) is 12.9. The molecule has 8 nitrogen and oxygen atoms in total. The Morgan fingerprint density at radius 1 is 1.58 bits per heavy atom. The minimum atomic E-state index is -3.74. The van der Waals surface area contributed by atoms with Gasteiger partial charge in [0.2, 0.25) is 10.0 Å². The Labute approximate surface area is 109 Å². The van der Waals surface area contributed by atoms with Gasteiger partial charge in [0.1, 0.15) is 10.6 Å². The predicted molar refractivity (Wildman–Crippen MR) is 65.0 cm³/mol. The molecule has 0 fully saturated rings. The average molecular weight is 284 g/mol. The maximum Gasteiger partial charge on any atom is 0.352 e. The molecular formula is C10H12N4O4S. The van der Waals surface area contributed by atoms with Crippen molar-refractivity contribution in [3.05, 3.63) is 35.9 Å². The van der Waals surface area contributed by atoms with Crippen LogP contribution >= 0.6 is 0 Å². The van der Waals surface area contributed by atoms with Gasteiger partial charge in [-0.25, -0.2) is 17.9 Å². The molecule has 3 N–H and O–H groups in total. The van der Waals surface area contributed by atoms with E-state index in [1.807, 2.05) is 0 Å². The number of carbonyl (C=O) groups is 1. The predicted octanol–water partition coefficient (Wildman–Crippen LogP) is -0.0751.